The minimum Gasteiger partial charge on any atom is -0.322 e. The smallest absolute Gasteiger partial charge is 0.322 e. The van der Waals surface area contributed by atoms with E-state index in [1.165, 1.54) is 11.9 Å². The molecular formula is C12H12N2O2. The Balaban J connectivity index is 1.91. The summed E-state index contributed by atoms with van der Waals surface area (Å²) < 4.78 is 0. The van der Waals surface area contributed by atoms with Gasteiger partial charge in [0.05, 0.1) is 0 Å². The lowest BCUT2D eigenvalue weighted by molar-refractivity contribution is -0.127. The monoisotopic (exact) mass is 216 g/mol. The highest BCUT2D eigenvalue weighted by Gasteiger charge is 2.66. The van der Waals surface area contributed by atoms with Crippen LogP contribution in [-0.4, -0.2) is 29.4 Å². The third kappa shape index (κ3) is 1.04. The number of rotatable bonds is 1. The number of amides is 3. The standard InChI is InChI=1S/C12H12N2O2/c1-14-10(15)12(13-11(14)16)7-9(12)8-5-3-2-4-6-8/h2-6,9H,7H2,1H3,(H,13,16)/t9-,12+/m0/s1. The SMILES string of the molecule is CN1C(=O)N[C@@]2(C[C@H]2c2ccccc2)C1=O. The van der Waals surface area contributed by atoms with Gasteiger partial charge in [0.25, 0.3) is 5.91 Å². The molecule has 1 spiro atoms. The highest BCUT2D eigenvalue weighted by atomic mass is 16.2. The van der Waals surface area contributed by atoms with E-state index in [4.69, 9.17) is 0 Å². The highest BCUT2D eigenvalue weighted by Crippen LogP contribution is 2.54. The molecule has 1 aromatic rings. The normalized spacial score (nSPS) is 32.1. The second-order valence-corrected chi connectivity index (χ2v) is 4.43. The van der Waals surface area contributed by atoms with Gasteiger partial charge in [-0.3, -0.25) is 9.69 Å². The van der Waals surface area contributed by atoms with E-state index in [2.05, 4.69) is 5.32 Å². The van der Waals surface area contributed by atoms with Crippen molar-refractivity contribution in [3.63, 3.8) is 0 Å². The van der Waals surface area contributed by atoms with Crippen LogP contribution in [0.2, 0.25) is 0 Å². The Morgan fingerprint density at radius 2 is 2.00 bits per heavy atom. The fourth-order valence-electron chi connectivity index (χ4n) is 2.44. The van der Waals surface area contributed by atoms with Crippen LogP contribution in [0.5, 0.6) is 0 Å². The molecular weight excluding hydrogens is 204 g/mol. The number of nitrogens with one attached hydrogen (secondary N) is 1. The maximum atomic E-state index is 11.9. The quantitative estimate of drug-likeness (QED) is 0.714. The van der Waals surface area contributed by atoms with E-state index >= 15 is 0 Å². The Hall–Kier alpha value is -1.84. The lowest BCUT2D eigenvalue weighted by atomic mass is 10.1. The topological polar surface area (TPSA) is 49.4 Å². The predicted molar refractivity (Wildman–Crippen MR) is 57.8 cm³/mol. The zero-order chi connectivity index (χ0) is 11.3. The summed E-state index contributed by atoms with van der Waals surface area (Å²) in [4.78, 5) is 24.5. The molecule has 82 valence electrons. The van der Waals surface area contributed by atoms with Crippen molar-refractivity contribution >= 4 is 11.9 Å². The van der Waals surface area contributed by atoms with Gasteiger partial charge in [-0.2, -0.15) is 0 Å². The third-order valence-corrected chi connectivity index (χ3v) is 3.48. The number of nitrogens with zero attached hydrogens (tertiary/aromatic N) is 1. The van der Waals surface area contributed by atoms with Crippen LogP contribution >= 0.6 is 0 Å². The molecule has 1 aromatic carbocycles. The van der Waals surface area contributed by atoms with Gasteiger partial charge in [0.1, 0.15) is 5.54 Å². The van der Waals surface area contributed by atoms with Crippen LogP contribution in [0.4, 0.5) is 4.79 Å². The zero-order valence-electron chi connectivity index (χ0n) is 8.93. The first-order valence-corrected chi connectivity index (χ1v) is 5.30. The molecule has 4 heteroatoms. The molecule has 4 nitrogen and oxygen atoms in total. The van der Waals surface area contributed by atoms with Gasteiger partial charge in [-0.15, -0.1) is 0 Å². The summed E-state index contributed by atoms with van der Waals surface area (Å²) >= 11 is 0. The number of carbonyl (C=O) groups is 2. The second kappa shape index (κ2) is 2.84. The third-order valence-electron chi connectivity index (χ3n) is 3.48. The van der Waals surface area contributed by atoms with Crippen molar-refractivity contribution in [2.24, 2.45) is 0 Å². The summed E-state index contributed by atoms with van der Waals surface area (Å²) in [5.41, 5.74) is 0.471. The molecule has 0 bridgehead atoms. The first-order chi connectivity index (χ1) is 7.65. The van der Waals surface area contributed by atoms with Crippen LogP contribution in [0, 0.1) is 0 Å². The van der Waals surface area contributed by atoms with Gasteiger partial charge in [-0.1, -0.05) is 30.3 Å². The van der Waals surface area contributed by atoms with E-state index in [-0.39, 0.29) is 17.9 Å². The second-order valence-electron chi connectivity index (χ2n) is 4.43. The van der Waals surface area contributed by atoms with Crippen LogP contribution in [-0.2, 0) is 4.79 Å². The number of carbonyl (C=O) groups excluding carboxylic acids is 2. The number of hydrogen-bond acceptors (Lipinski definition) is 2. The number of hydrogen-bond donors (Lipinski definition) is 1. The summed E-state index contributed by atoms with van der Waals surface area (Å²) in [6.07, 6.45) is 0.714. The molecule has 3 rings (SSSR count). The maximum absolute atomic E-state index is 11.9. The zero-order valence-corrected chi connectivity index (χ0v) is 8.93. The van der Waals surface area contributed by atoms with Crippen LogP contribution in [0.25, 0.3) is 0 Å². The van der Waals surface area contributed by atoms with Crippen molar-refractivity contribution in [3.8, 4) is 0 Å². The summed E-state index contributed by atoms with van der Waals surface area (Å²) in [7, 11) is 1.52. The Morgan fingerprint density at radius 3 is 2.56 bits per heavy atom. The molecule has 3 amide bonds. The fraction of sp³-hybridized carbons (Fsp3) is 0.333. The van der Waals surface area contributed by atoms with E-state index in [9.17, 15) is 9.59 Å². The fourth-order valence-corrected chi connectivity index (χ4v) is 2.44. The van der Waals surface area contributed by atoms with Crippen molar-refractivity contribution in [3.05, 3.63) is 35.9 Å². The molecule has 1 aliphatic carbocycles. The van der Waals surface area contributed by atoms with Crippen molar-refractivity contribution in [1.29, 1.82) is 0 Å². The molecule has 0 unspecified atom stereocenters. The number of imide groups is 1. The van der Waals surface area contributed by atoms with E-state index in [0.717, 1.165) is 5.56 Å². The van der Waals surface area contributed by atoms with Crippen LogP contribution < -0.4 is 5.32 Å². The lowest BCUT2D eigenvalue weighted by Gasteiger charge is -2.07. The largest absolute Gasteiger partial charge is 0.324 e. The average molecular weight is 216 g/mol. The van der Waals surface area contributed by atoms with Crippen LogP contribution in [0.15, 0.2) is 30.3 Å². The number of benzene rings is 1. The summed E-state index contributed by atoms with van der Waals surface area (Å²) in [6, 6.07) is 9.55. The predicted octanol–water partition coefficient (Wildman–Crippen LogP) is 1.09. The summed E-state index contributed by atoms with van der Waals surface area (Å²) in [5.74, 6) is 0.0291. The van der Waals surface area contributed by atoms with Gasteiger partial charge < -0.3 is 5.32 Å². The van der Waals surface area contributed by atoms with Gasteiger partial charge in [-0.05, 0) is 12.0 Å². The molecule has 1 aliphatic heterocycles. The van der Waals surface area contributed by atoms with Gasteiger partial charge >= 0.3 is 6.03 Å². The number of urea groups is 1. The molecule has 1 N–H and O–H groups in total. The molecule has 1 heterocycles. The number of likely N-dealkylation sites (N-methyl/N-ethyl adjacent to an activating group) is 1. The van der Waals surface area contributed by atoms with Crippen LogP contribution in [0.3, 0.4) is 0 Å². The summed E-state index contributed by atoms with van der Waals surface area (Å²) in [6.45, 7) is 0. The molecule has 1 saturated carbocycles. The first-order valence-electron chi connectivity index (χ1n) is 5.30. The molecule has 2 atom stereocenters. The van der Waals surface area contributed by atoms with E-state index in [1.807, 2.05) is 30.3 Å². The molecule has 0 radical (unpaired) electrons. The molecule has 0 aromatic heterocycles. The van der Waals surface area contributed by atoms with Gasteiger partial charge in [0.15, 0.2) is 0 Å². The highest BCUT2D eigenvalue weighted by molar-refractivity contribution is 6.09. The Kier molecular flexibility index (Phi) is 1.67. The first kappa shape index (κ1) is 9.39. The van der Waals surface area contributed by atoms with E-state index < -0.39 is 5.54 Å². The Bertz CT molecular complexity index is 471. The van der Waals surface area contributed by atoms with E-state index in [0.29, 0.717) is 6.42 Å². The maximum Gasteiger partial charge on any atom is 0.324 e. The molecule has 1 saturated heterocycles. The van der Waals surface area contributed by atoms with E-state index in [1.54, 1.807) is 0 Å². The van der Waals surface area contributed by atoms with Crippen molar-refractivity contribution in [1.82, 2.24) is 10.2 Å². The van der Waals surface area contributed by atoms with Crippen molar-refractivity contribution in [2.45, 2.75) is 17.9 Å². The summed E-state index contributed by atoms with van der Waals surface area (Å²) in [5, 5.41) is 2.79. The van der Waals surface area contributed by atoms with Gasteiger partial charge in [0.2, 0.25) is 0 Å². The molecule has 16 heavy (non-hydrogen) atoms. The minimum absolute atomic E-state index is 0.105. The van der Waals surface area contributed by atoms with Gasteiger partial charge in [0, 0.05) is 13.0 Å². The Morgan fingerprint density at radius 1 is 1.31 bits per heavy atom. The molecule has 2 aliphatic rings. The minimum atomic E-state index is -0.646. The van der Waals surface area contributed by atoms with Gasteiger partial charge in [-0.25, -0.2) is 4.79 Å². The Labute approximate surface area is 93.2 Å². The average Bonchev–Trinajstić information content (AvgIpc) is 2.99. The molecule has 2 fully saturated rings. The van der Waals surface area contributed by atoms with Crippen molar-refractivity contribution < 1.29 is 9.59 Å². The lowest BCUT2D eigenvalue weighted by Crippen LogP contribution is -2.33. The van der Waals surface area contributed by atoms with Crippen LogP contribution in [0.1, 0.15) is 17.9 Å². The van der Waals surface area contributed by atoms with Crippen molar-refractivity contribution in [2.75, 3.05) is 7.05 Å².